The van der Waals surface area contributed by atoms with Gasteiger partial charge in [0.1, 0.15) is 11.8 Å². The molecule has 1 amide bonds. The zero-order chi connectivity index (χ0) is 22.5. The minimum Gasteiger partial charge on any atom is -0.389 e. The van der Waals surface area contributed by atoms with E-state index in [4.69, 9.17) is 0 Å². The maximum absolute atomic E-state index is 12.5. The first-order chi connectivity index (χ1) is 15.5. The summed E-state index contributed by atoms with van der Waals surface area (Å²) in [5.41, 5.74) is 0.492. The highest BCUT2D eigenvalue weighted by atomic mass is 16.3. The van der Waals surface area contributed by atoms with Crippen molar-refractivity contribution >= 4 is 22.9 Å². The Hall–Kier alpha value is -3.62. The molecule has 0 aromatic carbocycles. The number of nitrogens with one attached hydrogen (secondary N) is 2. The molecule has 11 heteroatoms. The predicted molar refractivity (Wildman–Crippen MR) is 113 cm³/mol. The third kappa shape index (κ3) is 2.91. The van der Waals surface area contributed by atoms with Crippen LogP contribution in [0, 0.1) is 23.2 Å². The molecule has 3 aromatic heterocycles. The summed E-state index contributed by atoms with van der Waals surface area (Å²) < 4.78 is 1.72. The Morgan fingerprint density at radius 1 is 1.28 bits per heavy atom. The first kappa shape index (κ1) is 20.3. The highest BCUT2D eigenvalue weighted by Gasteiger charge is 2.75. The molecule has 3 heterocycles. The van der Waals surface area contributed by atoms with Crippen LogP contribution in [0.2, 0.25) is 0 Å². The third-order valence-corrected chi connectivity index (χ3v) is 6.27. The van der Waals surface area contributed by atoms with Crippen molar-refractivity contribution in [1.29, 1.82) is 0 Å². The van der Waals surface area contributed by atoms with Gasteiger partial charge in [0, 0.05) is 31.9 Å². The Balaban J connectivity index is 1.59. The highest BCUT2D eigenvalue weighted by Crippen LogP contribution is 2.67. The number of imidazole rings is 1. The van der Waals surface area contributed by atoms with E-state index in [9.17, 15) is 15.0 Å². The van der Waals surface area contributed by atoms with Gasteiger partial charge in [-0.1, -0.05) is 0 Å². The predicted octanol–water partition coefficient (Wildman–Crippen LogP) is -0.523. The summed E-state index contributed by atoms with van der Waals surface area (Å²) in [7, 11) is 1.53. The van der Waals surface area contributed by atoms with Gasteiger partial charge < -0.3 is 25.4 Å². The van der Waals surface area contributed by atoms with Crippen molar-refractivity contribution in [3.05, 3.63) is 36.4 Å². The van der Waals surface area contributed by atoms with Crippen molar-refractivity contribution in [2.45, 2.75) is 31.6 Å². The molecule has 164 valence electrons. The Bertz CT molecular complexity index is 1250. The Morgan fingerprint density at radius 3 is 2.84 bits per heavy atom. The van der Waals surface area contributed by atoms with Gasteiger partial charge in [0.15, 0.2) is 17.0 Å². The number of nitrogens with zero attached hydrogens (tertiary/aromatic N) is 6. The van der Waals surface area contributed by atoms with E-state index in [0.717, 1.165) is 0 Å². The number of carbonyl (C=O) groups excluding carboxylic acids is 1. The van der Waals surface area contributed by atoms with Gasteiger partial charge in [-0.3, -0.25) is 9.78 Å². The lowest BCUT2D eigenvalue weighted by molar-refractivity contribution is -0.132. The summed E-state index contributed by atoms with van der Waals surface area (Å²) in [5.74, 6) is 6.07. The van der Waals surface area contributed by atoms with Gasteiger partial charge in [-0.2, -0.15) is 0 Å². The summed E-state index contributed by atoms with van der Waals surface area (Å²) >= 11 is 0. The Kier molecular flexibility index (Phi) is 4.76. The van der Waals surface area contributed by atoms with Gasteiger partial charge >= 0.3 is 0 Å². The molecule has 5 atom stereocenters. The maximum atomic E-state index is 12.5. The Labute approximate surface area is 183 Å². The number of hydrogen-bond acceptors (Lipinski definition) is 9. The van der Waals surface area contributed by atoms with Crippen LogP contribution in [0.15, 0.2) is 24.9 Å². The molecule has 11 nitrogen and oxygen atoms in total. The molecule has 0 saturated heterocycles. The van der Waals surface area contributed by atoms with Crippen LogP contribution < -0.4 is 10.6 Å². The zero-order valence-corrected chi connectivity index (χ0v) is 17.5. The highest BCUT2D eigenvalue weighted by molar-refractivity contribution is 5.88. The average Bonchev–Trinajstić information content (AvgIpc) is 3.35. The fourth-order valence-electron chi connectivity index (χ4n) is 4.75. The summed E-state index contributed by atoms with van der Waals surface area (Å²) in [6.45, 7) is 2.55. The van der Waals surface area contributed by atoms with Gasteiger partial charge in [0.25, 0.3) is 0 Å². The smallest absolute Gasteiger partial charge is 0.229 e. The molecule has 4 N–H and O–H groups in total. The number of rotatable bonds is 4. The van der Waals surface area contributed by atoms with Crippen molar-refractivity contribution in [3.63, 3.8) is 0 Å². The monoisotopic (exact) mass is 434 g/mol. The second-order valence-corrected chi connectivity index (χ2v) is 7.95. The van der Waals surface area contributed by atoms with E-state index < -0.39 is 23.7 Å². The molecule has 2 aliphatic carbocycles. The van der Waals surface area contributed by atoms with Gasteiger partial charge in [0.2, 0.25) is 11.7 Å². The molecule has 2 unspecified atom stereocenters. The van der Waals surface area contributed by atoms with E-state index in [1.807, 2.05) is 6.92 Å². The molecule has 0 spiro atoms. The van der Waals surface area contributed by atoms with E-state index in [1.54, 1.807) is 29.5 Å². The van der Waals surface area contributed by atoms with E-state index >= 15 is 0 Å². The second kappa shape index (κ2) is 7.51. The molecule has 32 heavy (non-hydrogen) atoms. The summed E-state index contributed by atoms with van der Waals surface area (Å²) in [6, 6.07) is -0.544. The van der Waals surface area contributed by atoms with E-state index in [0.29, 0.717) is 35.6 Å². The van der Waals surface area contributed by atoms with Crippen LogP contribution in [0.5, 0.6) is 0 Å². The first-order valence-corrected chi connectivity index (χ1v) is 10.4. The number of hydrogen-bond donors (Lipinski definition) is 4. The molecule has 3 aromatic rings. The van der Waals surface area contributed by atoms with Crippen LogP contribution in [0.4, 0.5) is 5.82 Å². The van der Waals surface area contributed by atoms with Crippen LogP contribution in [0.1, 0.15) is 30.9 Å². The van der Waals surface area contributed by atoms with Gasteiger partial charge in [-0.15, -0.1) is 0 Å². The van der Waals surface area contributed by atoms with E-state index in [2.05, 4.69) is 47.4 Å². The molecule has 2 saturated carbocycles. The largest absolute Gasteiger partial charge is 0.389 e. The van der Waals surface area contributed by atoms with E-state index in [-0.39, 0.29) is 17.6 Å². The number of amides is 1. The van der Waals surface area contributed by atoms with Crippen LogP contribution >= 0.6 is 0 Å². The molecule has 0 bridgehead atoms. The number of aliphatic hydroxyl groups is 2. The van der Waals surface area contributed by atoms with Gasteiger partial charge in [-0.05, 0) is 25.2 Å². The zero-order valence-electron chi connectivity index (χ0n) is 17.5. The molecule has 2 aliphatic rings. The molecule has 2 fully saturated rings. The number of carbonyl (C=O) groups is 1. The van der Waals surface area contributed by atoms with Crippen molar-refractivity contribution in [1.82, 2.24) is 34.8 Å². The van der Waals surface area contributed by atoms with Crippen LogP contribution in [-0.2, 0) is 4.79 Å². The number of fused-ring (bicyclic) bond motifs is 2. The number of anilines is 1. The minimum atomic E-state index is -1.17. The normalized spacial score (nSPS) is 28.0. The summed E-state index contributed by atoms with van der Waals surface area (Å²) in [4.78, 5) is 34.1. The lowest BCUT2D eigenvalue weighted by Gasteiger charge is -2.23. The lowest BCUT2D eigenvalue weighted by Crippen LogP contribution is -2.41. The van der Waals surface area contributed by atoms with E-state index in [1.165, 1.54) is 7.05 Å². The molecule has 5 rings (SSSR count). The van der Waals surface area contributed by atoms with Crippen LogP contribution in [-0.4, -0.2) is 71.4 Å². The second-order valence-electron chi connectivity index (χ2n) is 7.95. The SMILES string of the molecule is CCNc1nc(C#Cc2cnccn2)nc2c1ncn2[C@H]1C(O)[C@H](O)[C@@]2(C(=O)NC)CC12. The van der Waals surface area contributed by atoms with Crippen LogP contribution in [0.25, 0.3) is 11.2 Å². The van der Waals surface area contributed by atoms with Crippen molar-refractivity contribution in [3.8, 4) is 11.8 Å². The number of aliphatic hydroxyl groups excluding tert-OH is 2. The number of aromatic nitrogens is 6. The molecular formula is C21H22N8O3. The quantitative estimate of drug-likeness (QED) is 0.398. The Morgan fingerprint density at radius 2 is 2.12 bits per heavy atom. The molecular weight excluding hydrogens is 412 g/mol. The molecule has 0 radical (unpaired) electrons. The summed E-state index contributed by atoms with van der Waals surface area (Å²) in [5, 5.41) is 27.3. The topological polar surface area (TPSA) is 151 Å². The first-order valence-electron chi connectivity index (χ1n) is 10.4. The average molecular weight is 434 g/mol. The fourth-order valence-corrected chi connectivity index (χ4v) is 4.75. The van der Waals surface area contributed by atoms with Gasteiger partial charge in [0.05, 0.1) is 30.1 Å². The van der Waals surface area contributed by atoms with Gasteiger partial charge in [-0.25, -0.2) is 19.9 Å². The van der Waals surface area contributed by atoms with Crippen molar-refractivity contribution in [2.75, 3.05) is 18.9 Å². The molecule has 0 aliphatic heterocycles. The maximum Gasteiger partial charge on any atom is 0.229 e. The summed E-state index contributed by atoms with van der Waals surface area (Å²) in [6.07, 6.45) is 4.42. The minimum absolute atomic E-state index is 0.225. The van der Waals surface area contributed by atoms with Crippen LogP contribution in [0.3, 0.4) is 0 Å². The van der Waals surface area contributed by atoms with Crippen molar-refractivity contribution in [2.24, 2.45) is 11.3 Å². The standard InChI is InChI=1S/C21H22N8O3/c1-3-24-18-14-19(28-13(27-18)5-4-11-9-23-6-7-25-11)29(10-26-14)15-12-8-21(12,20(32)22-2)17(31)16(15)30/h6-7,9-10,12,15-17,30-31H,3,8H2,1-2H3,(H,22,32)(H,24,27,28)/t12?,15-,16?,17+,21-/m1/s1. The third-order valence-electron chi connectivity index (χ3n) is 6.27. The lowest BCUT2D eigenvalue weighted by atomic mass is 9.98. The van der Waals surface area contributed by atoms with Crippen molar-refractivity contribution < 1.29 is 15.0 Å². The fraction of sp³-hybridized carbons (Fsp3) is 0.429.